The Hall–Kier alpha value is -4.86. The molecule has 10 heteroatoms. The van der Waals surface area contributed by atoms with E-state index < -0.39 is 59.1 Å². The van der Waals surface area contributed by atoms with E-state index in [2.05, 4.69) is 0 Å². The van der Waals surface area contributed by atoms with Crippen molar-refractivity contribution in [2.24, 2.45) is 0 Å². The number of hydrogen-bond donors (Lipinski definition) is 0. The molecule has 0 radical (unpaired) electrons. The highest BCUT2D eigenvalue weighted by Crippen LogP contribution is 2.51. The van der Waals surface area contributed by atoms with Gasteiger partial charge in [0, 0.05) is 6.42 Å². The average molecular weight is 573 g/mol. The summed E-state index contributed by atoms with van der Waals surface area (Å²) in [5.41, 5.74) is -2.63. The molecule has 0 aromatic heterocycles. The molecule has 0 saturated carbocycles. The Labute approximate surface area is 241 Å². The monoisotopic (exact) mass is 572 g/mol. The van der Waals surface area contributed by atoms with E-state index in [0.29, 0.717) is 10.5 Å². The van der Waals surface area contributed by atoms with Crippen LogP contribution in [0.5, 0.6) is 0 Å². The van der Waals surface area contributed by atoms with E-state index in [9.17, 15) is 24.0 Å². The molecule has 2 aliphatic rings. The maximum atomic E-state index is 15.6. The number of benzene rings is 3. The minimum absolute atomic E-state index is 0.0694. The van der Waals surface area contributed by atoms with Crippen molar-refractivity contribution < 1.29 is 37.8 Å². The number of para-hydroxylation sites is 1. The van der Waals surface area contributed by atoms with Crippen LogP contribution in [0, 0.1) is 5.82 Å². The molecule has 0 aliphatic carbocycles. The summed E-state index contributed by atoms with van der Waals surface area (Å²) in [6.45, 7) is 6.32. The summed E-state index contributed by atoms with van der Waals surface area (Å²) in [7, 11) is 0. The Morgan fingerprint density at radius 2 is 1.48 bits per heavy atom. The Balaban J connectivity index is 1.73. The lowest BCUT2D eigenvalue weighted by Crippen LogP contribution is -2.53. The highest BCUT2D eigenvalue weighted by atomic mass is 19.1. The smallest absolute Gasteiger partial charge is 0.421 e. The summed E-state index contributed by atoms with van der Waals surface area (Å²) in [6.07, 6.45) is -1.62. The van der Waals surface area contributed by atoms with Gasteiger partial charge in [-0.3, -0.25) is 19.3 Å². The topological polar surface area (TPSA) is 110 Å². The minimum Gasteiger partial charge on any atom is -0.464 e. The first-order valence-corrected chi connectivity index (χ1v) is 13.5. The van der Waals surface area contributed by atoms with Crippen LogP contribution in [0.1, 0.15) is 66.0 Å². The fourth-order valence-corrected chi connectivity index (χ4v) is 5.59. The molecule has 2 aliphatic heterocycles. The maximum Gasteiger partial charge on any atom is 0.421 e. The van der Waals surface area contributed by atoms with Crippen molar-refractivity contribution in [2.45, 2.75) is 51.2 Å². The first kappa shape index (κ1) is 28.7. The standard InChI is InChI=1S/C32H29FN2O7/c1-5-41-28(38)24(34-26(36)20-14-9-10-15-21(20)27(34)37)18-32(19-12-7-6-8-13-19)22-16-11-17-23(33)25(22)35(29(32)39)30(40)42-31(2,3)4/h6-17,24H,5,18H2,1-4H3/t24-,32+/m0/s1. The summed E-state index contributed by atoms with van der Waals surface area (Å²) in [5, 5.41) is 0. The van der Waals surface area contributed by atoms with E-state index in [1.165, 1.54) is 24.3 Å². The molecule has 0 bridgehead atoms. The number of carbonyl (C=O) groups is 5. The van der Waals surface area contributed by atoms with E-state index in [-0.39, 0.29) is 29.0 Å². The van der Waals surface area contributed by atoms with Crippen LogP contribution < -0.4 is 4.90 Å². The van der Waals surface area contributed by atoms with Gasteiger partial charge >= 0.3 is 12.1 Å². The second kappa shape index (κ2) is 10.5. The summed E-state index contributed by atoms with van der Waals surface area (Å²) in [4.78, 5) is 70.1. The molecule has 0 spiro atoms. The molecule has 5 rings (SSSR count). The van der Waals surface area contributed by atoms with Gasteiger partial charge < -0.3 is 9.47 Å². The van der Waals surface area contributed by atoms with Crippen molar-refractivity contribution >= 4 is 35.5 Å². The van der Waals surface area contributed by atoms with Crippen molar-refractivity contribution in [3.05, 3.63) is 101 Å². The van der Waals surface area contributed by atoms with Crippen LogP contribution in [-0.4, -0.2) is 52.9 Å². The average Bonchev–Trinajstić information content (AvgIpc) is 3.35. The lowest BCUT2D eigenvalue weighted by Gasteiger charge is -2.35. The lowest BCUT2D eigenvalue weighted by atomic mass is 9.70. The molecule has 216 valence electrons. The number of amides is 4. The molecule has 9 nitrogen and oxygen atoms in total. The quantitative estimate of drug-likeness (QED) is 0.302. The van der Waals surface area contributed by atoms with Gasteiger partial charge in [0.05, 0.1) is 23.4 Å². The predicted molar refractivity (Wildman–Crippen MR) is 149 cm³/mol. The van der Waals surface area contributed by atoms with E-state index in [1.807, 2.05) is 0 Å². The summed E-state index contributed by atoms with van der Waals surface area (Å²) >= 11 is 0. The summed E-state index contributed by atoms with van der Waals surface area (Å²) < 4.78 is 26.4. The van der Waals surface area contributed by atoms with Crippen LogP contribution in [0.3, 0.4) is 0 Å². The number of fused-ring (bicyclic) bond motifs is 2. The van der Waals surface area contributed by atoms with Crippen molar-refractivity contribution in [2.75, 3.05) is 11.5 Å². The second-order valence-corrected chi connectivity index (χ2v) is 11.0. The molecular weight excluding hydrogens is 543 g/mol. The fourth-order valence-electron chi connectivity index (χ4n) is 5.59. The molecule has 0 unspecified atom stereocenters. The van der Waals surface area contributed by atoms with E-state index >= 15 is 4.39 Å². The molecule has 4 amide bonds. The van der Waals surface area contributed by atoms with Crippen LogP contribution >= 0.6 is 0 Å². The van der Waals surface area contributed by atoms with E-state index in [1.54, 1.807) is 70.2 Å². The van der Waals surface area contributed by atoms with Gasteiger partial charge in [0.1, 0.15) is 22.9 Å². The number of esters is 1. The number of halogens is 1. The third-order valence-corrected chi connectivity index (χ3v) is 7.28. The largest absolute Gasteiger partial charge is 0.464 e. The third kappa shape index (κ3) is 4.52. The molecule has 0 N–H and O–H groups in total. The zero-order chi connectivity index (χ0) is 30.4. The number of carbonyl (C=O) groups excluding carboxylic acids is 5. The van der Waals surface area contributed by atoms with Crippen LogP contribution in [0.2, 0.25) is 0 Å². The van der Waals surface area contributed by atoms with Gasteiger partial charge in [-0.05, 0) is 57.0 Å². The molecular formula is C32H29FN2O7. The zero-order valence-corrected chi connectivity index (χ0v) is 23.5. The van der Waals surface area contributed by atoms with Gasteiger partial charge in [0.2, 0.25) is 0 Å². The summed E-state index contributed by atoms with van der Waals surface area (Å²) in [5.74, 6) is -4.15. The molecule has 42 heavy (non-hydrogen) atoms. The van der Waals surface area contributed by atoms with Crippen LogP contribution in [0.25, 0.3) is 0 Å². The van der Waals surface area contributed by atoms with Gasteiger partial charge in [-0.15, -0.1) is 0 Å². The Bertz CT molecular complexity index is 1580. The van der Waals surface area contributed by atoms with Crippen LogP contribution in [0.15, 0.2) is 72.8 Å². The van der Waals surface area contributed by atoms with Gasteiger partial charge in [-0.25, -0.2) is 18.9 Å². The van der Waals surface area contributed by atoms with Gasteiger partial charge in [0.15, 0.2) is 0 Å². The number of nitrogens with zero attached hydrogens (tertiary/aromatic N) is 2. The van der Waals surface area contributed by atoms with Gasteiger partial charge in [0.25, 0.3) is 17.7 Å². The minimum atomic E-state index is -1.89. The maximum absolute atomic E-state index is 15.6. The lowest BCUT2D eigenvalue weighted by molar-refractivity contribution is -0.148. The van der Waals surface area contributed by atoms with Crippen molar-refractivity contribution in [3.8, 4) is 0 Å². The Morgan fingerprint density at radius 3 is 2.05 bits per heavy atom. The number of hydrogen-bond acceptors (Lipinski definition) is 7. The van der Waals surface area contributed by atoms with E-state index in [0.717, 1.165) is 11.0 Å². The van der Waals surface area contributed by atoms with Crippen LogP contribution in [0.4, 0.5) is 14.9 Å². The number of anilines is 1. The van der Waals surface area contributed by atoms with Gasteiger partial charge in [-0.2, -0.15) is 0 Å². The molecule has 3 aromatic carbocycles. The number of rotatable bonds is 6. The molecule has 0 fully saturated rings. The number of imide groups is 2. The van der Waals surface area contributed by atoms with Gasteiger partial charge in [-0.1, -0.05) is 54.6 Å². The zero-order valence-electron chi connectivity index (χ0n) is 23.5. The Kier molecular flexibility index (Phi) is 7.18. The first-order valence-electron chi connectivity index (χ1n) is 13.5. The predicted octanol–water partition coefficient (Wildman–Crippen LogP) is 5.01. The highest BCUT2D eigenvalue weighted by Gasteiger charge is 2.59. The van der Waals surface area contributed by atoms with Crippen molar-refractivity contribution in [1.82, 2.24) is 4.90 Å². The number of ether oxygens (including phenoxy) is 2. The van der Waals surface area contributed by atoms with Crippen molar-refractivity contribution in [3.63, 3.8) is 0 Å². The molecule has 3 aromatic rings. The highest BCUT2D eigenvalue weighted by molar-refractivity contribution is 6.24. The molecule has 0 saturated heterocycles. The Morgan fingerprint density at radius 1 is 0.881 bits per heavy atom. The van der Waals surface area contributed by atoms with E-state index in [4.69, 9.17) is 9.47 Å². The third-order valence-electron chi connectivity index (χ3n) is 7.28. The molecule has 2 heterocycles. The SMILES string of the molecule is CCOC(=O)[C@H](C[C@]1(c2ccccc2)C(=O)N(C(=O)OC(C)(C)C)c2c(F)cccc21)N1C(=O)c2ccccc2C1=O. The summed E-state index contributed by atoms with van der Waals surface area (Å²) in [6, 6.07) is 16.7. The normalized spacial score (nSPS) is 18.5. The molecule has 2 atom stereocenters. The van der Waals surface area contributed by atoms with Crippen LogP contribution in [-0.2, 0) is 24.5 Å². The fraction of sp³-hybridized carbons (Fsp3) is 0.281. The second-order valence-electron chi connectivity index (χ2n) is 11.0. The van der Waals surface area contributed by atoms with Crippen molar-refractivity contribution in [1.29, 1.82) is 0 Å². The first-order chi connectivity index (χ1) is 19.9.